The fraction of sp³-hybridized carbons (Fsp3) is 1.00. The molecular formula is C18H46O6Si4. The molecule has 0 spiro atoms. The van der Waals surface area contributed by atoms with Crippen LogP contribution in [0.15, 0.2) is 0 Å². The van der Waals surface area contributed by atoms with E-state index < -0.39 is 34.5 Å². The third kappa shape index (κ3) is 15.5. The van der Waals surface area contributed by atoms with Crippen LogP contribution in [0.25, 0.3) is 0 Å². The number of hydrogen-bond donors (Lipinski definition) is 0. The molecule has 0 aromatic carbocycles. The van der Waals surface area contributed by atoms with Crippen LogP contribution in [-0.4, -0.2) is 74.1 Å². The molecule has 0 aliphatic heterocycles. The van der Waals surface area contributed by atoms with Gasteiger partial charge in [-0.15, -0.1) is 0 Å². The molecule has 0 saturated carbocycles. The Bertz CT molecular complexity index is 339. The summed E-state index contributed by atoms with van der Waals surface area (Å²) in [6.45, 7) is 24.0. The lowest BCUT2D eigenvalue weighted by atomic mass is 10.8. The van der Waals surface area contributed by atoms with Crippen LogP contribution < -0.4 is 0 Å². The maximum absolute atomic E-state index is 6.61. The van der Waals surface area contributed by atoms with E-state index in [1.807, 2.05) is 20.8 Å². The molecule has 0 aromatic heterocycles. The van der Waals surface area contributed by atoms with Gasteiger partial charge in [0.15, 0.2) is 25.0 Å². The second-order valence-electron chi connectivity index (χ2n) is 8.76. The van der Waals surface area contributed by atoms with Crippen LogP contribution in [0.4, 0.5) is 0 Å². The van der Waals surface area contributed by atoms with Crippen LogP contribution in [0.5, 0.6) is 0 Å². The lowest BCUT2D eigenvalue weighted by Crippen LogP contribution is -2.52. The normalized spacial score (nSPS) is 13.5. The van der Waals surface area contributed by atoms with Crippen molar-refractivity contribution in [2.24, 2.45) is 0 Å². The van der Waals surface area contributed by atoms with E-state index in [1.54, 1.807) is 0 Å². The molecule has 0 fully saturated rings. The summed E-state index contributed by atoms with van der Waals surface area (Å²) in [6, 6.07) is 2.87. The van der Waals surface area contributed by atoms with Crippen molar-refractivity contribution in [1.82, 2.24) is 0 Å². The van der Waals surface area contributed by atoms with Crippen LogP contribution in [0.2, 0.25) is 57.4 Å². The Labute approximate surface area is 178 Å². The molecule has 0 aliphatic carbocycles. The molecule has 10 heteroatoms. The van der Waals surface area contributed by atoms with Crippen molar-refractivity contribution in [2.75, 3.05) is 39.6 Å². The van der Waals surface area contributed by atoms with Crippen LogP contribution in [0.3, 0.4) is 0 Å². The largest absolute Gasteiger partial charge is 0.452 e. The first-order chi connectivity index (χ1) is 13.0. The van der Waals surface area contributed by atoms with Gasteiger partial charge in [0.1, 0.15) is 0 Å². The Kier molecular flexibility index (Phi) is 14.9. The third-order valence-electron chi connectivity index (χ3n) is 4.40. The SMILES string of the molecule is CCOCC[Si](C)(C)O[SiH](O[Si](C)(C)CCOCC)O[Si](C)(C)CCOCC. The zero-order valence-electron chi connectivity index (χ0n) is 19.9. The minimum atomic E-state index is -2.24. The van der Waals surface area contributed by atoms with Gasteiger partial charge in [-0.3, -0.25) is 0 Å². The smallest absolute Gasteiger partial charge is 0.419 e. The van der Waals surface area contributed by atoms with Gasteiger partial charge in [-0.25, -0.2) is 0 Å². The standard InChI is InChI=1S/C18H46O6Si4/c1-10-19-13-16-26(4,5)22-25(23-27(6,7)17-14-20-11-2)24-28(8,9)18-15-21-12-3/h25H,10-18H2,1-9H3. The highest BCUT2D eigenvalue weighted by atomic mass is 28.5. The van der Waals surface area contributed by atoms with Gasteiger partial charge in [-0.05, 0) is 78.2 Å². The fourth-order valence-electron chi connectivity index (χ4n) is 2.42. The van der Waals surface area contributed by atoms with E-state index in [2.05, 4.69) is 39.3 Å². The summed E-state index contributed by atoms with van der Waals surface area (Å²) in [4.78, 5) is 0. The maximum atomic E-state index is 6.61. The van der Waals surface area contributed by atoms with Gasteiger partial charge in [0.25, 0.3) is 0 Å². The van der Waals surface area contributed by atoms with Gasteiger partial charge in [-0.1, -0.05) is 0 Å². The van der Waals surface area contributed by atoms with Gasteiger partial charge < -0.3 is 26.6 Å². The molecule has 0 aliphatic rings. The second-order valence-corrected chi connectivity index (χ2v) is 24.2. The summed E-state index contributed by atoms with van der Waals surface area (Å²) < 4.78 is 36.5. The summed E-state index contributed by atoms with van der Waals surface area (Å²) in [5, 5.41) is 0. The number of hydrogen-bond acceptors (Lipinski definition) is 6. The molecule has 0 amide bonds. The van der Waals surface area contributed by atoms with Gasteiger partial charge in [0.05, 0.1) is 0 Å². The highest BCUT2D eigenvalue weighted by Gasteiger charge is 2.38. The molecule has 0 radical (unpaired) electrons. The zero-order chi connectivity index (χ0) is 21.7. The van der Waals surface area contributed by atoms with Crippen LogP contribution in [0.1, 0.15) is 20.8 Å². The maximum Gasteiger partial charge on any atom is 0.452 e. The quantitative estimate of drug-likeness (QED) is 0.217. The van der Waals surface area contributed by atoms with Crippen LogP contribution in [0, 0.1) is 0 Å². The van der Waals surface area contributed by atoms with Crippen molar-refractivity contribution in [3.05, 3.63) is 0 Å². The molecule has 170 valence electrons. The number of rotatable bonds is 18. The van der Waals surface area contributed by atoms with E-state index in [-0.39, 0.29) is 0 Å². The van der Waals surface area contributed by atoms with Crippen molar-refractivity contribution >= 4 is 34.5 Å². The molecule has 0 N–H and O–H groups in total. The van der Waals surface area contributed by atoms with E-state index in [1.165, 1.54) is 0 Å². The Morgan fingerprint density at radius 2 is 0.750 bits per heavy atom. The van der Waals surface area contributed by atoms with Crippen molar-refractivity contribution in [1.29, 1.82) is 0 Å². The summed E-state index contributed by atoms with van der Waals surface area (Å²) in [7, 11) is -7.98. The van der Waals surface area contributed by atoms with Crippen LogP contribution in [-0.2, 0) is 26.6 Å². The van der Waals surface area contributed by atoms with Crippen LogP contribution >= 0.6 is 0 Å². The molecule has 0 unspecified atom stereocenters. The minimum absolute atomic E-state index is 0.743. The van der Waals surface area contributed by atoms with E-state index in [4.69, 9.17) is 26.6 Å². The molecule has 0 rings (SSSR count). The fourth-order valence-corrected chi connectivity index (χ4v) is 13.9. The molecule has 6 nitrogen and oxygen atoms in total. The molecule has 0 bridgehead atoms. The first kappa shape index (κ1) is 28.6. The van der Waals surface area contributed by atoms with Crippen molar-refractivity contribution in [3.8, 4) is 0 Å². The average Bonchev–Trinajstić information content (AvgIpc) is 2.53. The Hall–Kier alpha value is 0.628. The highest BCUT2D eigenvalue weighted by Crippen LogP contribution is 2.22. The Balaban J connectivity index is 5.03. The summed E-state index contributed by atoms with van der Waals surface area (Å²) in [6.07, 6.45) is 0. The third-order valence-corrected chi connectivity index (χ3v) is 18.6. The van der Waals surface area contributed by atoms with Gasteiger partial charge in [-0.2, -0.15) is 0 Å². The van der Waals surface area contributed by atoms with E-state index in [0.29, 0.717) is 0 Å². The molecule has 0 atom stereocenters. The van der Waals surface area contributed by atoms with Gasteiger partial charge >= 0.3 is 9.53 Å². The number of ether oxygens (including phenoxy) is 3. The second kappa shape index (κ2) is 14.6. The first-order valence-corrected chi connectivity index (χ1v) is 21.5. The zero-order valence-corrected chi connectivity index (χ0v) is 24.0. The summed E-state index contributed by atoms with van der Waals surface area (Å²) >= 11 is 0. The predicted octanol–water partition coefficient (Wildman–Crippen LogP) is 4.48. The Morgan fingerprint density at radius 1 is 0.500 bits per heavy atom. The van der Waals surface area contributed by atoms with E-state index >= 15 is 0 Å². The Morgan fingerprint density at radius 3 is 0.964 bits per heavy atom. The average molecular weight is 471 g/mol. The molecular weight excluding hydrogens is 425 g/mol. The highest BCUT2D eigenvalue weighted by molar-refractivity contribution is 6.84. The predicted molar refractivity (Wildman–Crippen MR) is 127 cm³/mol. The van der Waals surface area contributed by atoms with Crippen molar-refractivity contribution in [3.63, 3.8) is 0 Å². The molecule has 0 heterocycles. The summed E-state index contributed by atoms with van der Waals surface area (Å²) in [5.74, 6) is 0. The monoisotopic (exact) mass is 470 g/mol. The van der Waals surface area contributed by atoms with E-state index in [0.717, 1.165) is 57.8 Å². The molecule has 0 saturated heterocycles. The van der Waals surface area contributed by atoms with Gasteiger partial charge in [0.2, 0.25) is 0 Å². The molecule has 28 heavy (non-hydrogen) atoms. The minimum Gasteiger partial charge on any atom is -0.419 e. The first-order valence-electron chi connectivity index (χ1n) is 10.7. The van der Waals surface area contributed by atoms with E-state index in [9.17, 15) is 0 Å². The van der Waals surface area contributed by atoms with Crippen molar-refractivity contribution < 1.29 is 26.6 Å². The summed E-state index contributed by atoms with van der Waals surface area (Å²) in [5.41, 5.74) is 0. The lowest BCUT2D eigenvalue weighted by molar-refractivity contribution is 0.155. The van der Waals surface area contributed by atoms with Crippen molar-refractivity contribution in [2.45, 2.75) is 78.2 Å². The van der Waals surface area contributed by atoms with Gasteiger partial charge in [0, 0.05) is 39.6 Å². The topological polar surface area (TPSA) is 55.4 Å². The lowest BCUT2D eigenvalue weighted by Gasteiger charge is -2.37. The molecule has 0 aromatic rings.